The van der Waals surface area contributed by atoms with Gasteiger partial charge in [-0.2, -0.15) is 0 Å². The van der Waals surface area contributed by atoms with Crippen molar-refractivity contribution < 1.29 is 4.79 Å². The molecular formula is C14H19N5O. The molecule has 0 aliphatic heterocycles. The molecule has 0 spiro atoms. The molecule has 1 amide bonds. The molecule has 2 rings (SSSR count). The van der Waals surface area contributed by atoms with Gasteiger partial charge in [-0.3, -0.25) is 4.79 Å². The van der Waals surface area contributed by atoms with Crippen LogP contribution in [0.2, 0.25) is 0 Å². The number of rotatable bonds is 5. The number of nitrogens with two attached hydrogens (primary N) is 1. The molecule has 2 aromatic rings. The summed E-state index contributed by atoms with van der Waals surface area (Å²) in [6, 6.07) is 5.52. The maximum atomic E-state index is 11.6. The van der Waals surface area contributed by atoms with Crippen LogP contribution in [-0.2, 0) is 4.79 Å². The molecule has 20 heavy (non-hydrogen) atoms. The highest BCUT2D eigenvalue weighted by Gasteiger charge is 2.14. The van der Waals surface area contributed by atoms with Crippen LogP contribution in [0.3, 0.4) is 0 Å². The van der Waals surface area contributed by atoms with E-state index in [9.17, 15) is 4.79 Å². The zero-order chi connectivity index (χ0) is 14.5. The second-order valence-corrected chi connectivity index (χ2v) is 4.57. The van der Waals surface area contributed by atoms with E-state index in [4.69, 9.17) is 5.73 Å². The first-order valence-electron chi connectivity index (χ1n) is 6.61. The maximum Gasteiger partial charge on any atom is 0.239 e. The van der Waals surface area contributed by atoms with Gasteiger partial charge in [0.25, 0.3) is 0 Å². The minimum absolute atomic E-state index is 0.0411. The lowest BCUT2D eigenvalue weighted by atomic mass is 10.2. The molecule has 1 aromatic carbocycles. The lowest BCUT2D eigenvalue weighted by molar-refractivity contribution is -0.119. The Kier molecular flexibility index (Phi) is 4.34. The van der Waals surface area contributed by atoms with E-state index in [1.165, 1.54) is 6.33 Å². The van der Waals surface area contributed by atoms with E-state index in [1.54, 1.807) is 7.05 Å². The van der Waals surface area contributed by atoms with Crippen LogP contribution in [0, 0.1) is 0 Å². The molecule has 106 valence electrons. The average molecular weight is 273 g/mol. The highest BCUT2D eigenvalue weighted by Crippen LogP contribution is 2.24. The summed E-state index contributed by atoms with van der Waals surface area (Å²) in [7, 11) is 1.63. The van der Waals surface area contributed by atoms with Gasteiger partial charge in [0.2, 0.25) is 5.91 Å². The quantitative estimate of drug-likeness (QED) is 0.799. The fraction of sp³-hybridized carbons (Fsp3) is 0.357. The summed E-state index contributed by atoms with van der Waals surface area (Å²) in [5.74, 6) is 0.723. The van der Waals surface area contributed by atoms with E-state index in [2.05, 4.69) is 22.2 Å². The maximum absolute atomic E-state index is 11.6. The van der Waals surface area contributed by atoms with E-state index in [1.807, 2.05) is 23.1 Å². The molecule has 0 atom stereocenters. The third-order valence-electron chi connectivity index (χ3n) is 3.05. The van der Waals surface area contributed by atoms with Crippen molar-refractivity contribution >= 4 is 28.3 Å². The van der Waals surface area contributed by atoms with Crippen LogP contribution in [0.25, 0.3) is 10.9 Å². The Hall–Kier alpha value is -2.37. The number of fused-ring (bicyclic) bond motifs is 1. The van der Waals surface area contributed by atoms with Gasteiger partial charge in [0.15, 0.2) is 0 Å². The van der Waals surface area contributed by atoms with Crippen LogP contribution in [0.4, 0.5) is 11.5 Å². The molecule has 0 fully saturated rings. The van der Waals surface area contributed by atoms with Crippen molar-refractivity contribution in [2.75, 3.05) is 30.8 Å². The summed E-state index contributed by atoms with van der Waals surface area (Å²) >= 11 is 0. The molecule has 6 nitrogen and oxygen atoms in total. The van der Waals surface area contributed by atoms with E-state index < -0.39 is 0 Å². The van der Waals surface area contributed by atoms with Gasteiger partial charge in [-0.1, -0.05) is 6.92 Å². The molecule has 0 aliphatic rings. The molecule has 0 unspecified atom stereocenters. The highest BCUT2D eigenvalue weighted by molar-refractivity contribution is 5.92. The number of amides is 1. The molecule has 0 bridgehead atoms. The molecular weight excluding hydrogens is 254 g/mol. The average Bonchev–Trinajstić information content (AvgIpc) is 2.45. The Balaban J connectivity index is 2.44. The molecule has 0 aliphatic carbocycles. The Bertz CT molecular complexity index is 614. The van der Waals surface area contributed by atoms with Crippen molar-refractivity contribution in [2.24, 2.45) is 0 Å². The number of nitrogens with zero attached hydrogens (tertiary/aromatic N) is 3. The zero-order valence-corrected chi connectivity index (χ0v) is 11.8. The number of hydrogen-bond donors (Lipinski definition) is 2. The van der Waals surface area contributed by atoms with Gasteiger partial charge >= 0.3 is 0 Å². The first kappa shape index (κ1) is 14.0. The third-order valence-corrected chi connectivity index (χ3v) is 3.05. The van der Waals surface area contributed by atoms with Gasteiger partial charge in [-0.05, 0) is 24.6 Å². The van der Waals surface area contributed by atoms with Gasteiger partial charge in [0, 0.05) is 24.7 Å². The van der Waals surface area contributed by atoms with E-state index >= 15 is 0 Å². The van der Waals surface area contributed by atoms with Crippen LogP contribution in [-0.4, -0.2) is 36.0 Å². The standard InChI is InChI=1S/C14H19N5O/c1-3-6-19(8-13(20)16-2)14-11-5-4-10(15)7-12(11)17-9-18-14/h4-5,7,9H,3,6,8,15H2,1-2H3,(H,16,20). The van der Waals surface area contributed by atoms with E-state index in [0.717, 1.165) is 29.7 Å². The molecule has 1 aromatic heterocycles. The summed E-state index contributed by atoms with van der Waals surface area (Å²) in [6.45, 7) is 3.10. The van der Waals surface area contributed by atoms with Crippen LogP contribution in [0.1, 0.15) is 13.3 Å². The van der Waals surface area contributed by atoms with Crippen molar-refractivity contribution in [1.82, 2.24) is 15.3 Å². The van der Waals surface area contributed by atoms with Crippen LogP contribution < -0.4 is 16.0 Å². The topological polar surface area (TPSA) is 84.1 Å². The number of nitrogens with one attached hydrogen (secondary N) is 1. The van der Waals surface area contributed by atoms with Gasteiger partial charge in [-0.25, -0.2) is 9.97 Å². The fourth-order valence-corrected chi connectivity index (χ4v) is 2.09. The predicted octanol–water partition coefficient (Wildman–Crippen LogP) is 1.17. The van der Waals surface area contributed by atoms with Crippen molar-refractivity contribution in [3.05, 3.63) is 24.5 Å². The van der Waals surface area contributed by atoms with Crippen molar-refractivity contribution in [2.45, 2.75) is 13.3 Å². The summed E-state index contributed by atoms with van der Waals surface area (Å²) in [4.78, 5) is 22.2. The van der Waals surface area contributed by atoms with Crippen LogP contribution in [0.15, 0.2) is 24.5 Å². The molecule has 0 saturated carbocycles. The van der Waals surface area contributed by atoms with E-state index in [-0.39, 0.29) is 12.5 Å². The Morgan fingerprint density at radius 2 is 2.20 bits per heavy atom. The molecule has 6 heteroatoms. The Morgan fingerprint density at radius 1 is 1.40 bits per heavy atom. The summed E-state index contributed by atoms with van der Waals surface area (Å²) in [6.07, 6.45) is 2.43. The minimum Gasteiger partial charge on any atom is -0.399 e. The predicted molar refractivity (Wildman–Crippen MR) is 80.5 cm³/mol. The number of carbonyl (C=O) groups excluding carboxylic acids is 1. The van der Waals surface area contributed by atoms with Crippen molar-refractivity contribution in [1.29, 1.82) is 0 Å². The lowest BCUT2D eigenvalue weighted by Gasteiger charge is -2.23. The van der Waals surface area contributed by atoms with Crippen molar-refractivity contribution in [3.8, 4) is 0 Å². The summed E-state index contributed by atoms with van der Waals surface area (Å²) in [5, 5.41) is 3.54. The molecule has 3 N–H and O–H groups in total. The Morgan fingerprint density at radius 3 is 2.90 bits per heavy atom. The summed E-state index contributed by atoms with van der Waals surface area (Å²) < 4.78 is 0. The minimum atomic E-state index is -0.0411. The first-order chi connectivity index (χ1) is 9.65. The molecule has 0 radical (unpaired) electrons. The second kappa shape index (κ2) is 6.18. The second-order valence-electron chi connectivity index (χ2n) is 4.57. The normalized spacial score (nSPS) is 10.5. The van der Waals surface area contributed by atoms with Gasteiger partial charge in [-0.15, -0.1) is 0 Å². The van der Waals surface area contributed by atoms with Crippen molar-refractivity contribution in [3.63, 3.8) is 0 Å². The number of nitrogen functional groups attached to an aromatic ring is 1. The lowest BCUT2D eigenvalue weighted by Crippen LogP contribution is -2.36. The van der Waals surface area contributed by atoms with Gasteiger partial charge in [0.05, 0.1) is 12.1 Å². The zero-order valence-electron chi connectivity index (χ0n) is 11.8. The number of carbonyl (C=O) groups is 1. The first-order valence-corrected chi connectivity index (χ1v) is 6.61. The third kappa shape index (κ3) is 2.96. The summed E-state index contributed by atoms with van der Waals surface area (Å²) in [5.41, 5.74) is 7.22. The largest absolute Gasteiger partial charge is 0.399 e. The number of anilines is 2. The SMILES string of the molecule is CCCN(CC(=O)NC)c1ncnc2cc(N)ccc12. The highest BCUT2D eigenvalue weighted by atomic mass is 16.1. The van der Waals surface area contributed by atoms with E-state index in [0.29, 0.717) is 5.69 Å². The fourth-order valence-electron chi connectivity index (χ4n) is 2.09. The van der Waals surface area contributed by atoms with Crippen LogP contribution in [0.5, 0.6) is 0 Å². The molecule has 1 heterocycles. The number of benzene rings is 1. The number of aromatic nitrogens is 2. The molecule has 0 saturated heterocycles. The smallest absolute Gasteiger partial charge is 0.239 e. The van der Waals surface area contributed by atoms with Crippen LogP contribution >= 0.6 is 0 Å². The van der Waals surface area contributed by atoms with Gasteiger partial charge < -0.3 is 16.0 Å². The number of hydrogen-bond acceptors (Lipinski definition) is 5. The number of likely N-dealkylation sites (N-methyl/N-ethyl adjacent to an activating group) is 1. The Labute approximate surface area is 118 Å². The van der Waals surface area contributed by atoms with Gasteiger partial charge in [0.1, 0.15) is 12.1 Å². The monoisotopic (exact) mass is 273 g/mol.